The summed E-state index contributed by atoms with van der Waals surface area (Å²) in [5.41, 5.74) is 3.03. The van der Waals surface area contributed by atoms with Gasteiger partial charge in [0, 0.05) is 23.1 Å². The van der Waals surface area contributed by atoms with E-state index in [1.165, 1.54) is 6.07 Å². The van der Waals surface area contributed by atoms with Gasteiger partial charge < -0.3 is 5.32 Å². The van der Waals surface area contributed by atoms with Crippen LogP contribution in [0.1, 0.15) is 27.9 Å². The highest BCUT2D eigenvalue weighted by atomic mass is 32.2. The Balaban J connectivity index is 1.58. The number of halogens is 2. The fraction of sp³-hybridized carbons (Fsp3) is 0.0938. The van der Waals surface area contributed by atoms with E-state index in [0.717, 1.165) is 27.0 Å². The molecule has 1 atom stereocenters. The van der Waals surface area contributed by atoms with Crippen molar-refractivity contribution in [1.82, 2.24) is 9.19 Å². The van der Waals surface area contributed by atoms with Crippen LogP contribution in [-0.2, 0) is 21.9 Å². The molecule has 1 aliphatic carbocycles. The van der Waals surface area contributed by atoms with E-state index < -0.39 is 27.1 Å². The molecule has 1 N–H and O–H groups in total. The van der Waals surface area contributed by atoms with Crippen LogP contribution in [0, 0.1) is 18.6 Å². The molecule has 0 radical (unpaired) electrons. The van der Waals surface area contributed by atoms with Gasteiger partial charge in [-0.05, 0) is 54.4 Å². The van der Waals surface area contributed by atoms with Gasteiger partial charge in [-0.15, -0.1) is 5.10 Å². The van der Waals surface area contributed by atoms with Crippen molar-refractivity contribution < 1.29 is 17.2 Å². The minimum Gasteiger partial charge on any atom is -0.338 e. The van der Waals surface area contributed by atoms with Gasteiger partial charge in [0.1, 0.15) is 0 Å². The maximum absolute atomic E-state index is 14.6. The Bertz CT molecular complexity index is 1840. The molecule has 1 heterocycles. The van der Waals surface area contributed by atoms with Gasteiger partial charge in [-0.25, -0.2) is 8.78 Å². The van der Waals surface area contributed by atoms with Crippen molar-refractivity contribution in [3.63, 3.8) is 0 Å². The molecule has 0 amide bonds. The molecule has 0 saturated carbocycles. The number of aryl methyl sites for hydroxylation is 1. The fourth-order valence-corrected chi connectivity index (χ4v) is 6.49. The van der Waals surface area contributed by atoms with Crippen molar-refractivity contribution >= 4 is 27.6 Å². The molecule has 40 heavy (non-hydrogen) atoms. The number of hydrogen-bond donors (Lipinski definition) is 1. The number of nitrogens with zero attached hydrogens (tertiary/aromatic N) is 2. The summed E-state index contributed by atoms with van der Waals surface area (Å²) in [7, 11) is -4.10. The fourth-order valence-electron chi connectivity index (χ4n) is 5.16. The molecule has 1 aliphatic rings. The standard InChI is InChI=1S/C32H25F2N3O2S/c1-22-12-15-26(16-13-22)40(38,39)37-30-21-32(23-8-4-2-5-9-23,24-14-17-28(33)29(34)20-24)19-18-27(30)31(36-37)35-25-10-6-3-7-11-25/h2-20H,21H2,1H3,(H,35,36). The minimum absolute atomic E-state index is 0.0994. The second-order valence-electron chi connectivity index (χ2n) is 9.84. The van der Waals surface area contributed by atoms with E-state index in [1.807, 2.05) is 79.7 Å². The largest absolute Gasteiger partial charge is 0.338 e. The first kappa shape index (κ1) is 25.7. The van der Waals surface area contributed by atoms with E-state index in [-0.39, 0.29) is 11.3 Å². The number of fused-ring (bicyclic) bond motifs is 1. The summed E-state index contributed by atoms with van der Waals surface area (Å²) in [6.45, 7) is 1.88. The van der Waals surface area contributed by atoms with Crippen LogP contribution in [0.15, 0.2) is 114 Å². The minimum atomic E-state index is -4.10. The second-order valence-corrected chi connectivity index (χ2v) is 11.6. The van der Waals surface area contributed by atoms with E-state index in [4.69, 9.17) is 0 Å². The topological polar surface area (TPSA) is 64.0 Å². The third-order valence-corrected chi connectivity index (χ3v) is 8.90. The molecule has 0 fully saturated rings. The van der Waals surface area contributed by atoms with Crippen LogP contribution in [-0.4, -0.2) is 17.6 Å². The molecule has 1 unspecified atom stereocenters. The van der Waals surface area contributed by atoms with Gasteiger partial charge in [0.15, 0.2) is 17.5 Å². The Hall–Kier alpha value is -4.56. The van der Waals surface area contributed by atoms with Gasteiger partial charge in [0.2, 0.25) is 0 Å². The highest BCUT2D eigenvalue weighted by molar-refractivity contribution is 7.89. The average molecular weight is 554 g/mol. The van der Waals surface area contributed by atoms with Crippen LogP contribution in [0.25, 0.3) is 6.08 Å². The molecule has 1 aromatic heterocycles. The predicted molar refractivity (Wildman–Crippen MR) is 152 cm³/mol. The molecule has 0 aliphatic heterocycles. The molecule has 6 rings (SSSR count). The molecule has 5 nitrogen and oxygen atoms in total. The van der Waals surface area contributed by atoms with Gasteiger partial charge >= 0.3 is 0 Å². The zero-order valence-electron chi connectivity index (χ0n) is 21.6. The first-order chi connectivity index (χ1) is 19.3. The predicted octanol–water partition coefficient (Wildman–Crippen LogP) is 7.01. The summed E-state index contributed by atoms with van der Waals surface area (Å²) >= 11 is 0. The molecule has 0 saturated heterocycles. The molecule has 0 spiro atoms. The number of hydrogen-bond acceptors (Lipinski definition) is 4. The Kier molecular flexibility index (Phi) is 6.35. The zero-order chi connectivity index (χ0) is 27.9. The van der Waals surface area contributed by atoms with Crippen molar-refractivity contribution in [2.75, 3.05) is 5.32 Å². The van der Waals surface area contributed by atoms with E-state index in [0.29, 0.717) is 22.6 Å². The Morgan fingerprint density at radius 3 is 2.17 bits per heavy atom. The van der Waals surface area contributed by atoms with Gasteiger partial charge in [-0.2, -0.15) is 12.5 Å². The maximum Gasteiger partial charge on any atom is 0.283 e. The van der Waals surface area contributed by atoms with Crippen molar-refractivity contribution in [3.05, 3.63) is 149 Å². The zero-order valence-corrected chi connectivity index (χ0v) is 22.4. The van der Waals surface area contributed by atoms with Crippen LogP contribution in [0.5, 0.6) is 0 Å². The lowest BCUT2D eigenvalue weighted by Crippen LogP contribution is -2.33. The number of benzene rings is 4. The van der Waals surface area contributed by atoms with Crippen molar-refractivity contribution in [3.8, 4) is 0 Å². The summed E-state index contributed by atoms with van der Waals surface area (Å²) in [6, 6.07) is 29.1. The van der Waals surface area contributed by atoms with Gasteiger partial charge in [-0.1, -0.05) is 84.4 Å². The molecular formula is C32H25F2N3O2S. The van der Waals surface area contributed by atoms with Gasteiger partial charge in [0.05, 0.1) is 10.6 Å². The number of nitrogens with one attached hydrogen (secondary N) is 1. The first-order valence-corrected chi connectivity index (χ1v) is 14.2. The van der Waals surface area contributed by atoms with Crippen molar-refractivity contribution in [2.45, 2.75) is 23.7 Å². The molecule has 0 bridgehead atoms. The normalized spacial score (nSPS) is 16.5. The summed E-state index contributed by atoms with van der Waals surface area (Å²) in [6.07, 6.45) is 3.87. The molecule has 5 aromatic rings. The quantitative estimate of drug-likeness (QED) is 0.246. The molecule has 200 valence electrons. The first-order valence-electron chi connectivity index (χ1n) is 12.7. The summed E-state index contributed by atoms with van der Waals surface area (Å²) in [5, 5.41) is 7.83. The lowest BCUT2D eigenvalue weighted by Gasteiger charge is -2.35. The lowest BCUT2D eigenvalue weighted by molar-refractivity contribution is 0.501. The third kappa shape index (κ3) is 4.40. The Morgan fingerprint density at radius 1 is 0.825 bits per heavy atom. The van der Waals surface area contributed by atoms with Gasteiger partial charge in [-0.3, -0.25) is 0 Å². The van der Waals surface area contributed by atoms with Crippen molar-refractivity contribution in [2.24, 2.45) is 0 Å². The summed E-state index contributed by atoms with van der Waals surface area (Å²) in [5.74, 6) is -1.55. The monoisotopic (exact) mass is 553 g/mol. The Morgan fingerprint density at radius 2 is 1.50 bits per heavy atom. The number of rotatable bonds is 6. The highest BCUT2D eigenvalue weighted by Gasteiger charge is 2.40. The van der Waals surface area contributed by atoms with Crippen LogP contribution in [0.2, 0.25) is 0 Å². The molecule has 4 aromatic carbocycles. The third-order valence-electron chi connectivity index (χ3n) is 7.28. The van der Waals surface area contributed by atoms with Crippen LogP contribution in [0.4, 0.5) is 20.3 Å². The number of anilines is 2. The van der Waals surface area contributed by atoms with Crippen LogP contribution >= 0.6 is 0 Å². The van der Waals surface area contributed by atoms with E-state index in [9.17, 15) is 17.2 Å². The average Bonchev–Trinajstić information content (AvgIpc) is 3.33. The van der Waals surface area contributed by atoms with E-state index >= 15 is 0 Å². The van der Waals surface area contributed by atoms with Crippen LogP contribution in [0.3, 0.4) is 0 Å². The smallest absolute Gasteiger partial charge is 0.283 e. The Labute approximate surface area is 231 Å². The second kappa shape index (κ2) is 9.88. The number of allylic oxidation sites excluding steroid dienone is 1. The lowest BCUT2D eigenvalue weighted by atomic mass is 9.68. The van der Waals surface area contributed by atoms with Crippen molar-refractivity contribution in [1.29, 1.82) is 0 Å². The van der Waals surface area contributed by atoms with E-state index in [2.05, 4.69) is 10.4 Å². The summed E-state index contributed by atoms with van der Waals surface area (Å²) in [4.78, 5) is 0.0994. The number of aromatic nitrogens is 2. The van der Waals surface area contributed by atoms with Crippen LogP contribution < -0.4 is 5.32 Å². The molecular weight excluding hydrogens is 528 g/mol. The van der Waals surface area contributed by atoms with E-state index in [1.54, 1.807) is 30.3 Å². The SMILES string of the molecule is Cc1ccc(S(=O)(=O)n2nc(Nc3ccccc3)c3c2CC(c2ccccc2)(c2ccc(F)c(F)c2)C=C3)cc1. The molecule has 8 heteroatoms. The maximum atomic E-state index is 14.6. The number of para-hydroxylation sites is 1. The highest BCUT2D eigenvalue weighted by Crippen LogP contribution is 2.44. The summed E-state index contributed by atoms with van der Waals surface area (Å²) < 4.78 is 57.6. The van der Waals surface area contributed by atoms with Gasteiger partial charge in [0.25, 0.3) is 10.0 Å².